The number of halogens is 3. The Hall–Kier alpha value is -2.59. The van der Waals surface area contributed by atoms with E-state index in [1.807, 2.05) is 0 Å². The van der Waals surface area contributed by atoms with Crippen molar-refractivity contribution < 1.29 is 0 Å². The Bertz CT molecular complexity index is 1150. The zero-order chi connectivity index (χ0) is 18.8. The molecule has 2 aromatic carbocycles. The summed E-state index contributed by atoms with van der Waals surface area (Å²) >= 11 is 18.4. The van der Waals surface area contributed by atoms with Gasteiger partial charge in [-0.2, -0.15) is 15.0 Å². The standard InChI is InChI=1S/C17H9Cl3N4O2/c18-9-1-3-11(14(19)5-9)13(7-21)12-4-2-10(6-15(12)20)24-17(26)23-16(25)8-22-24/h1-6,8,13H,(H,23,25,26). The molecule has 0 bridgehead atoms. The number of hydrogen-bond donors (Lipinski definition) is 1. The first kappa shape index (κ1) is 18.2. The second-order valence-corrected chi connectivity index (χ2v) is 6.54. The third kappa shape index (κ3) is 3.51. The van der Waals surface area contributed by atoms with Crippen LogP contribution in [0.25, 0.3) is 5.69 Å². The zero-order valence-electron chi connectivity index (χ0n) is 12.9. The van der Waals surface area contributed by atoms with Gasteiger partial charge in [-0.05, 0) is 35.4 Å². The van der Waals surface area contributed by atoms with Gasteiger partial charge in [0.1, 0.15) is 6.20 Å². The number of H-pyrrole nitrogens is 1. The lowest BCUT2D eigenvalue weighted by Crippen LogP contribution is -2.30. The highest BCUT2D eigenvalue weighted by atomic mass is 35.5. The highest BCUT2D eigenvalue weighted by Gasteiger charge is 2.20. The SMILES string of the molecule is N#CC(c1ccc(Cl)cc1Cl)c1ccc(-n2ncc(=O)[nH]c2=O)cc1Cl. The fourth-order valence-electron chi connectivity index (χ4n) is 2.46. The number of nitrogens with one attached hydrogen (secondary N) is 1. The summed E-state index contributed by atoms with van der Waals surface area (Å²) in [6, 6.07) is 11.7. The molecule has 0 amide bonds. The van der Waals surface area contributed by atoms with Gasteiger partial charge < -0.3 is 0 Å². The molecule has 130 valence electrons. The fraction of sp³-hybridized carbons (Fsp3) is 0.0588. The minimum Gasteiger partial charge on any atom is -0.271 e. The summed E-state index contributed by atoms with van der Waals surface area (Å²) in [7, 11) is 0. The molecule has 0 spiro atoms. The summed E-state index contributed by atoms with van der Waals surface area (Å²) in [6.45, 7) is 0. The van der Waals surface area contributed by atoms with Gasteiger partial charge in [0.25, 0.3) is 5.56 Å². The van der Waals surface area contributed by atoms with Crippen LogP contribution in [0.2, 0.25) is 15.1 Å². The lowest BCUT2D eigenvalue weighted by Gasteiger charge is -2.15. The smallest absolute Gasteiger partial charge is 0.271 e. The van der Waals surface area contributed by atoms with Crippen molar-refractivity contribution in [1.82, 2.24) is 14.8 Å². The average molecular weight is 408 g/mol. The van der Waals surface area contributed by atoms with Crippen molar-refractivity contribution in [3.63, 3.8) is 0 Å². The molecule has 9 heteroatoms. The molecule has 3 aromatic rings. The van der Waals surface area contributed by atoms with Gasteiger partial charge in [0.05, 0.1) is 17.7 Å². The van der Waals surface area contributed by atoms with Gasteiger partial charge in [0.2, 0.25) is 0 Å². The van der Waals surface area contributed by atoms with E-state index in [2.05, 4.69) is 16.2 Å². The molecule has 6 nitrogen and oxygen atoms in total. The summed E-state index contributed by atoms with van der Waals surface area (Å²) in [5.74, 6) is -0.721. The van der Waals surface area contributed by atoms with E-state index in [0.717, 1.165) is 10.9 Å². The maximum atomic E-state index is 11.8. The van der Waals surface area contributed by atoms with E-state index in [9.17, 15) is 14.9 Å². The summed E-state index contributed by atoms with van der Waals surface area (Å²) in [6.07, 6.45) is 0.981. The monoisotopic (exact) mass is 406 g/mol. The third-order valence-corrected chi connectivity index (χ3v) is 4.54. The molecule has 1 unspecified atom stereocenters. The van der Waals surface area contributed by atoms with E-state index < -0.39 is 17.2 Å². The van der Waals surface area contributed by atoms with Crippen LogP contribution in [0.4, 0.5) is 0 Å². The molecule has 0 radical (unpaired) electrons. The summed E-state index contributed by atoms with van der Waals surface area (Å²) in [5, 5.41) is 14.4. The van der Waals surface area contributed by atoms with E-state index in [1.165, 1.54) is 6.07 Å². The van der Waals surface area contributed by atoms with Crippen LogP contribution in [0.3, 0.4) is 0 Å². The molecular weight excluding hydrogens is 399 g/mol. The Morgan fingerprint density at radius 1 is 1.04 bits per heavy atom. The van der Waals surface area contributed by atoms with Crippen molar-refractivity contribution in [2.45, 2.75) is 5.92 Å². The van der Waals surface area contributed by atoms with E-state index >= 15 is 0 Å². The number of aromatic amines is 1. The van der Waals surface area contributed by atoms with Gasteiger partial charge in [0.15, 0.2) is 0 Å². The number of hydrogen-bond acceptors (Lipinski definition) is 4. The normalized spacial score (nSPS) is 11.8. The molecule has 3 rings (SSSR count). The largest absolute Gasteiger partial charge is 0.349 e. The van der Waals surface area contributed by atoms with Crippen molar-refractivity contribution in [2.24, 2.45) is 0 Å². The highest BCUT2D eigenvalue weighted by molar-refractivity contribution is 6.35. The first-order valence-electron chi connectivity index (χ1n) is 7.23. The zero-order valence-corrected chi connectivity index (χ0v) is 15.2. The molecular formula is C17H9Cl3N4O2. The lowest BCUT2D eigenvalue weighted by molar-refractivity contribution is 0.749. The highest BCUT2D eigenvalue weighted by Crippen LogP contribution is 2.35. The molecule has 0 aliphatic heterocycles. The minimum atomic E-state index is -0.721. The summed E-state index contributed by atoms with van der Waals surface area (Å²) < 4.78 is 0.994. The van der Waals surface area contributed by atoms with E-state index in [4.69, 9.17) is 34.8 Å². The van der Waals surface area contributed by atoms with Crippen LogP contribution in [0.1, 0.15) is 17.0 Å². The Balaban J connectivity index is 2.07. The van der Waals surface area contributed by atoms with Crippen LogP contribution in [-0.2, 0) is 0 Å². The van der Waals surface area contributed by atoms with Crippen LogP contribution >= 0.6 is 34.8 Å². The average Bonchev–Trinajstić information content (AvgIpc) is 2.58. The molecule has 0 aliphatic carbocycles. The van der Waals surface area contributed by atoms with Gasteiger partial charge in [-0.3, -0.25) is 9.78 Å². The van der Waals surface area contributed by atoms with Crippen LogP contribution in [0.5, 0.6) is 0 Å². The molecule has 26 heavy (non-hydrogen) atoms. The topological polar surface area (TPSA) is 91.5 Å². The molecule has 0 saturated carbocycles. The summed E-state index contributed by atoms with van der Waals surface area (Å²) in [5.41, 5.74) is 0.126. The quantitative estimate of drug-likeness (QED) is 0.719. The Morgan fingerprint density at radius 2 is 1.69 bits per heavy atom. The van der Waals surface area contributed by atoms with Crippen LogP contribution < -0.4 is 11.2 Å². The fourth-order valence-corrected chi connectivity index (χ4v) is 3.26. The van der Waals surface area contributed by atoms with Gasteiger partial charge in [-0.25, -0.2) is 4.79 Å². The molecule has 0 fully saturated rings. The van der Waals surface area contributed by atoms with Gasteiger partial charge in [-0.15, -0.1) is 0 Å². The Morgan fingerprint density at radius 3 is 2.27 bits per heavy atom. The summed E-state index contributed by atoms with van der Waals surface area (Å²) in [4.78, 5) is 25.1. The van der Waals surface area contributed by atoms with E-state index in [1.54, 1.807) is 30.3 Å². The molecule has 0 aliphatic rings. The minimum absolute atomic E-state index is 0.250. The molecule has 1 aromatic heterocycles. The maximum absolute atomic E-state index is 11.8. The van der Waals surface area contributed by atoms with Crippen molar-refractivity contribution in [3.8, 4) is 11.8 Å². The Labute approximate surface area is 162 Å². The first-order valence-corrected chi connectivity index (χ1v) is 8.37. The van der Waals surface area contributed by atoms with Gasteiger partial charge in [-0.1, -0.05) is 46.9 Å². The second-order valence-electron chi connectivity index (χ2n) is 5.28. The van der Waals surface area contributed by atoms with Crippen LogP contribution in [0.15, 0.2) is 52.2 Å². The number of rotatable bonds is 3. The van der Waals surface area contributed by atoms with Gasteiger partial charge >= 0.3 is 5.69 Å². The third-order valence-electron chi connectivity index (χ3n) is 3.66. The van der Waals surface area contributed by atoms with Crippen LogP contribution in [0, 0.1) is 11.3 Å². The number of nitriles is 1. The molecule has 1 atom stereocenters. The van der Waals surface area contributed by atoms with Crippen molar-refractivity contribution in [3.05, 3.63) is 89.6 Å². The predicted octanol–water partition coefficient (Wildman–Crippen LogP) is 3.54. The lowest BCUT2D eigenvalue weighted by atomic mass is 9.92. The van der Waals surface area contributed by atoms with Crippen LogP contribution in [-0.4, -0.2) is 14.8 Å². The first-order chi connectivity index (χ1) is 12.4. The molecule has 1 heterocycles. The van der Waals surface area contributed by atoms with Crippen molar-refractivity contribution >= 4 is 34.8 Å². The predicted molar refractivity (Wildman–Crippen MR) is 99.4 cm³/mol. The Kier molecular flexibility index (Phi) is 5.14. The van der Waals surface area contributed by atoms with E-state index in [-0.39, 0.29) is 5.02 Å². The van der Waals surface area contributed by atoms with Crippen molar-refractivity contribution in [2.75, 3.05) is 0 Å². The molecule has 1 N–H and O–H groups in total. The second kappa shape index (κ2) is 7.34. The van der Waals surface area contributed by atoms with E-state index in [0.29, 0.717) is 26.9 Å². The number of nitrogens with zero attached hydrogens (tertiary/aromatic N) is 3. The number of benzene rings is 2. The van der Waals surface area contributed by atoms with Gasteiger partial charge in [0, 0.05) is 15.1 Å². The number of aromatic nitrogens is 3. The maximum Gasteiger partial charge on any atom is 0.349 e. The van der Waals surface area contributed by atoms with Crippen molar-refractivity contribution in [1.29, 1.82) is 5.26 Å². The molecule has 0 saturated heterocycles.